The van der Waals surface area contributed by atoms with Gasteiger partial charge < -0.3 is 19.5 Å². The first-order valence-corrected chi connectivity index (χ1v) is 12.9. The van der Waals surface area contributed by atoms with Gasteiger partial charge in [-0.15, -0.1) is 0 Å². The summed E-state index contributed by atoms with van der Waals surface area (Å²) in [7, 11) is 1.69. The van der Waals surface area contributed by atoms with Crippen molar-refractivity contribution in [3.05, 3.63) is 119 Å². The molecule has 0 saturated carbocycles. The number of methoxy groups -OCH3 is 1. The van der Waals surface area contributed by atoms with Gasteiger partial charge in [-0.3, -0.25) is 0 Å². The van der Waals surface area contributed by atoms with Crippen LogP contribution >= 0.6 is 0 Å². The minimum absolute atomic E-state index is 0.233. The summed E-state index contributed by atoms with van der Waals surface area (Å²) < 4.78 is 18.1. The van der Waals surface area contributed by atoms with Crippen molar-refractivity contribution in [3.8, 4) is 17.2 Å². The van der Waals surface area contributed by atoms with Gasteiger partial charge >= 0.3 is 0 Å². The smallest absolute Gasteiger partial charge is 0.126 e. The zero-order valence-electron chi connectivity index (χ0n) is 22.3. The zero-order valence-corrected chi connectivity index (χ0v) is 22.3. The molecule has 0 aliphatic heterocycles. The number of benzene rings is 4. The predicted molar refractivity (Wildman–Crippen MR) is 152 cm³/mol. The lowest BCUT2D eigenvalue weighted by atomic mass is 9.96. The fourth-order valence-corrected chi connectivity index (χ4v) is 4.38. The van der Waals surface area contributed by atoms with Crippen LogP contribution < -0.4 is 19.5 Å². The molecule has 4 heteroatoms. The Morgan fingerprint density at radius 3 is 1.89 bits per heavy atom. The maximum atomic E-state index is 6.48. The van der Waals surface area contributed by atoms with Crippen LogP contribution in [0.5, 0.6) is 17.2 Å². The van der Waals surface area contributed by atoms with Crippen LogP contribution in [0.3, 0.4) is 0 Å². The minimum Gasteiger partial charge on any atom is -0.497 e. The topological polar surface area (TPSA) is 39.7 Å². The summed E-state index contributed by atoms with van der Waals surface area (Å²) in [6.45, 7) is 7.51. The van der Waals surface area contributed by atoms with E-state index in [0.717, 1.165) is 63.6 Å². The fraction of sp³-hybridized carbons (Fsp3) is 0.273. The molecule has 1 N–H and O–H groups in total. The van der Waals surface area contributed by atoms with Crippen LogP contribution in [0.15, 0.2) is 91.0 Å². The van der Waals surface area contributed by atoms with Gasteiger partial charge in [-0.25, -0.2) is 0 Å². The third-order valence-corrected chi connectivity index (χ3v) is 6.75. The largest absolute Gasteiger partial charge is 0.497 e. The van der Waals surface area contributed by atoms with Crippen molar-refractivity contribution in [1.29, 1.82) is 0 Å². The van der Waals surface area contributed by atoms with Gasteiger partial charge in [0.1, 0.15) is 30.5 Å². The number of hydrogen-bond donors (Lipinski definition) is 1. The number of hydrogen-bond acceptors (Lipinski definition) is 4. The van der Waals surface area contributed by atoms with Crippen molar-refractivity contribution in [2.75, 3.05) is 12.4 Å². The molecule has 0 saturated heterocycles. The first-order chi connectivity index (χ1) is 18.1. The molecule has 1 unspecified atom stereocenters. The molecule has 1 atom stereocenters. The maximum Gasteiger partial charge on any atom is 0.126 e. The molecule has 4 aromatic rings. The van der Waals surface area contributed by atoms with E-state index in [-0.39, 0.29) is 6.04 Å². The quantitative estimate of drug-likeness (QED) is 0.217. The second kappa shape index (κ2) is 12.9. The average Bonchev–Trinajstić information content (AvgIpc) is 2.95. The average molecular weight is 496 g/mol. The molecule has 4 aromatic carbocycles. The molecule has 0 amide bonds. The Labute approximate surface area is 221 Å². The van der Waals surface area contributed by atoms with E-state index in [1.807, 2.05) is 48.5 Å². The lowest BCUT2D eigenvalue weighted by molar-refractivity contribution is 0.290. The molecule has 0 bridgehead atoms. The van der Waals surface area contributed by atoms with Gasteiger partial charge in [0.05, 0.1) is 7.11 Å². The molecule has 0 aromatic heterocycles. The van der Waals surface area contributed by atoms with E-state index in [0.29, 0.717) is 13.2 Å². The highest BCUT2D eigenvalue weighted by molar-refractivity contribution is 5.54. The van der Waals surface area contributed by atoms with E-state index < -0.39 is 0 Å². The van der Waals surface area contributed by atoms with Crippen LogP contribution in [0.2, 0.25) is 0 Å². The second-order valence-corrected chi connectivity index (χ2v) is 9.34. The summed E-state index contributed by atoms with van der Waals surface area (Å²) in [4.78, 5) is 0. The van der Waals surface area contributed by atoms with E-state index in [9.17, 15) is 0 Å². The van der Waals surface area contributed by atoms with Gasteiger partial charge in [-0.2, -0.15) is 0 Å². The highest BCUT2D eigenvalue weighted by Crippen LogP contribution is 2.36. The number of nitrogens with one attached hydrogen (secondary N) is 1. The zero-order chi connectivity index (χ0) is 26.0. The molecule has 4 rings (SSSR count). The molecular weight excluding hydrogens is 458 g/mol. The Balaban J connectivity index is 1.60. The van der Waals surface area contributed by atoms with Crippen LogP contribution in [0.25, 0.3) is 0 Å². The summed E-state index contributed by atoms with van der Waals surface area (Å²) in [6, 6.07) is 31.1. The summed E-state index contributed by atoms with van der Waals surface area (Å²) >= 11 is 0. The molecule has 37 heavy (non-hydrogen) atoms. The summed E-state index contributed by atoms with van der Waals surface area (Å²) in [5.41, 5.74) is 6.75. The molecule has 0 radical (unpaired) electrons. The fourth-order valence-electron chi connectivity index (χ4n) is 4.38. The van der Waals surface area contributed by atoms with E-state index in [1.165, 1.54) is 0 Å². The van der Waals surface area contributed by atoms with Crippen LogP contribution in [0.1, 0.15) is 41.2 Å². The highest BCUT2D eigenvalue weighted by Gasteiger charge is 2.19. The maximum absolute atomic E-state index is 6.48. The first-order valence-electron chi connectivity index (χ1n) is 12.9. The molecule has 4 nitrogen and oxygen atoms in total. The second-order valence-electron chi connectivity index (χ2n) is 9.34. The van der Waals surface area contributed by atoms with Crippen molar-refractivity contribution < 1.29 is 14.2 Å². The standard InChI is InChI=1S/C33H37NO3/c1-5-29(34-30-16-18-31(35-4)19-17-30)20-28-21-32(36-22-26-12-8-6-9-13-26)24(2)25(3)33(28)37-23-27-14-10-7-11-15-27/h6-19,21,29,34H,5,20,22-23H2,1-4H3. The first kappa shape index (κ1) is 26.2. The van der Waals surface area contributed by atoms with E-state index in [2.05, 4.69) is 68.6 Å². The predicted octanol–water partition coefficient (Wildman–Crippen LogP) is 7.90. The number of anilines is 1. The third kappa shape index (κ3) is 7.07. The van der Waals surface area contributed by atoms with Crippen LogP contribution in [-0.2, 0) is 19.6 Å². The summed E-state index contributed by atoms with van der Waals surface area (Å²) in [5.74, 6) is 2.70. The van der Waals surface area contributed by atoms with Crippen LogP contribution in [0.4, 0.5) is 5.69 Å². The van der Waals surface area contributed by atoms with Crippen molar-refractivity contribution >= 4 is 5.69 Å². The minimum atomic E-state index is 0.233. The molecule has 0 spiro atoms. The van der Waals surface area contributed by atoms with Gasteiger partial charge in [0.25, 0.3) is 0 Å². The van der Waals surface area contributed by atoms with Crippen molar-refractivity contribution in [1.82, 2.24) is 0 Å². The SMILES string of the molecule is CCC(Cc1cc(OCc2ccccc2)c(C)c(C)c1OCc1ccccc1)Nc1ccc(OC)cc1. The van der Waals surface area contributed by atoms with E-state index >= 15 is 0 Å². The summed E-state index contributed by atoms with van der Waals surface area (Å²) in [6.07, 6.45) is 1.78. The molecule has 192 valence electrons. The number of rotatable bonds is 12. The van der Waals surface area contributed by atoms with E-state index in [1.54, 1.807) is 7.11 Å². The molecule has 0 fully saturated rings. The Hall–Kier alpha value is -3.92. The van der Waals surface area contributed by atoms with Crippen molar-refractivity contribution in [2.24, 2.45) is 0 Å². The third-order valence-electron chi connectivity index (χ3n) is 6.75. The van der Waals surface area contributed by atoms with Gasteiger partial charge in [0, 0.05) is 17.3 Å². The number of ether oxygens (including phenoxy) is 3. The lowest BCUT2D eigenvalue weighted by Gasteiger charge is -2.24. The van der Waals surface area contributed by atoms with Crippen molar-refractivity contribution in [2.45, 2.75) is 52.9 Å². The Bertz CT molecular complexity index is 1250. The monoisotopic (exact) mass is 495 g/mol. The Kier molecular flexibility index (Phi) is 9.09. The van der Waals surface area contributed by atoms with Gasteiger partial charge in [-0.05, 0) is 79.3 Å². The lowest BCUT2D eigenvalue weighted by Crippen LogP contribution is -2.22. The van der Waals surface area contributed by atoms with Crippen LogP contribution in [-0.4, -0.2) is 13.2 Å². The molecule has 0 aliphatic rings. The van der Waals surface area contributed by atoms with Gasteiger partial charge in [0.2, 0.25) is 0 Å². The molecule has 0 heterocycles. The van der Waals surface area contributed by atoms with Crippen LogP contribution in [0, 0.1) is 13.8 Å². The van der Waals surface area contributed by atoms with Crippen molar-refractivity contribution in [3.63, 3.8) is 0 Å². The molecule has 0 aliphatic carbocycles. The highest BCUT2D eigenvalue weighted by atomic mass is 16.5. The van der Waals surface area contributed by atoms with E-state index in [4.69, 9.17) is 14.2 Å². The van der Waals surface area contributed by atoms with Gasteiger partial charge in [-0.1, -0.05) is 67.6 Å². The Morgan fingerprint density at radius 2 is 1.32 bits per heavy atom. The molecular formula is C33H37NO3. The Morgan fingerprint density at radius 1 is 0.730 bits per heavy atom. The normalized spacial score (nSPS) is 11.6. The summed E-state index contributed by atoms with van der Waals surface area (Å²) in [5, 5.41) is 3.69. The van der Waals surface area contributed by atoms with Gasteiger partial charge in [0.15, 0.2) is 0 Å².